The van der Waals surface area contributed by atoms with E-state index in [2.05, 4.69) is 23.6 Å². The summed E-state index contributed by atoms with van der Waals surface area (Å²) in [5.41, 5.74) is 5.34. The van der Waals surface area contributed by atoms with E-state index in [4.69, 9.17) is 15.0 Å². The molecule has 0 radical (unpaired) electrons. The van der Waals surface area contributed by atoms with Crippen LogP contribution in [-0.4, -0.2) is 6.61 Å². The monoisotopic (exact) mass is 272 g/mol. The summed E-state index contributed by atoms with van der Waals surface area (Å²) in [6.45, 7) is 0.791. The van der Waals surface area contributed by atoms with Crippen LogP contribution in [0.3, 0.4) is 0 Å². The maximum Gasteiger partial charge on any atom is 0.127 e. The number of para-hydroxylation sites is 1. The second-order valence-electron chi connectivity index (χ2n) is 5.12. The summed E-state index contributed by atoms with van der Waals surface area (Å²) in [7, 11) is 0. The smallest absolute Gasteiger partial charge is 0.127 e. The molecule has 0 fully saturated rings. The van der Waals surface area contributed by atoms with Crippen LogP contribution in [0.1, 0.15) is 35.8 Å². The minimum absolute atomic E-state index is 0.0770. The van der Waals surface area contributed by atoms with Gasteiger partial charge in [0.1, 0.15) is 11.5 Å². The number of hydrazine groups is 1. The van der Waals surface area contributed by atoms with Crippen molar-refractivity contribution in [1.29, 1.82) is 0 Å². The Bertz CT molecular complexity index is 552. The molecule has 2 aromatic rings. The number of aryl methyl sites for hydroxylation is 2. The largest absolute Gasteiger partial charge is 0.493 e. The summed E-state index contributed by atoms with van der Waals surface area (Å²) in [6, 6.07) is 10.3. The second-order valence-corrected chi connectivity index (χ2v) is 5.12. The number of furan rings is 1. The fourth-order valence-corrected chi connectivity index (χ4v) is 2.76. The highest BCUT2D eigenvalue weighted by atomic mass is 16.5. The molecule has 1 unspecified atom stereocenters. The van der Waals surface area contributed by atoms with Gasteiger partial charge in [-0.05, 0) is 37.0 Å². The molecule has 0 spiro atoms. The third kappa shape index (κ3) is 2.71. The number of fused-ring (bicyclic) bond motifs is 1. The molecule has 20 heavy (non-hydrogen) atoms. The van der Waals surface area contributed by atoms with E-state index in [1.54, 1.807) is 6.26 Å². The third-order valence-electron chi connectivity index (χ3n) is 3.80. The molecule has 0 amide bonds. The van der Waals surface area contributed by atoms with E-state index < -0.39 is 0 Å². The second kappa shape index (κ2) is 6.11. The Labute approximate surface area is 118 Å². The van der Waals surface area contributed by atoms with Crippen LogP contribution < -0.4 is 16.0 Å². The lowest BCUT2D eigenvalue weighted by atomic mass is 9.95. The normalized spacial score (nSPS) is 15.4. The minimum atomic E-state index is 0.0770. The molecule has 3 N–H and O–H groups in total. The molecule has 0 aliphatic carbocycles. The van der Waals surface area contributed by atoms with Gasteiger partial charge in [0, 0.05) is 12.0 Å². The topological polar surface area (TPSA) is 60.4 Å². The molecule has 4 nitrogen and oxygen atoms in total. The molecule has 1 aliphatic heterocycles. The highest BCUT2D eigenvalue weighted by Crippen LogP contribution is 2.34. The first-order chi connectivity index (χ1) is 9.88. The van der Waals surface area contributed by atoms with Gasteiger partial charge in [0.05, 0.1) is 18.9 Å². The average molecular weight is 272 g/mol. The number of nitrogens with one attached hydrogen (secondary N) is 1. The standard InChI is InChI=1S/C16H20N2O2/c17-18-15(9-8-13-6-3-10-19-13)14-7-1-4-12-5-2-11-20-16(12)14/h1,3-4,6-7,10,15,18H,2,5,8-9,11,17H2. The average Bonchev–Trinajstić information content (AvgIpc) is 3.01. The van der Waals surface area contributed by atoms with E-state index in [-0.39, 0.29) is 6.04 Å². The van der Waals surface area contributed by atoms with Crippen LogP contribution in [-0.2, 0) is 12.8 Å². The van der Waals surface area contributed by atoms with Crippen LogP contribution in [0.4, 0.5) is 0 Å². The van der Waals surface area contributed by atoms with Crippen molar-refractivity contribution in [3.63, 3.8) is 0 Å². The van der Waals surface area contributed by atoms with E-state index in [1.807, 2.05) is 12.1 Å². The van der Waals surface area contributed by atoms with Crippen molar-refractivity contribution in [3.8, 4) is 5.75 Å². The molecular formula is C16H20N2O2. The highest BCUT2D eigenvalue weighted by Gasteiger charge is 2.20. The quantitative estimate of drug-likeness (QED) is 0.649. The molecule has 0 saturated carbocycles. The van der Waals surface area contributed by atoms with Crippen LogP contribution in [0.5, 0.6) is 5.75 Å². The summed E-state index contributed by atoms with van der Waals surface area (Å²) in [5.74, 6) is 7.74. The van der Waals surface area contributed by atoms with Crippen molar-refractivity contribution < 1.29 is 9.15 Å². The number of ether oxygens (including phenoxy) is 1. The lowest BCUT2D eigenvalue weighted by molar-refractivity contribution is 0.280. The van der Waals surface area contributed by atoms with Gasteiger partial charge < -0.3 is 9.15 Å². The summed E-state index contributed by atoms with van der Waals surface area (Å²) >= 11 is 0. The Morgan fingerprint density at radius 1 is 1.25 bits per heavy atom. The van der Waals surface area contributed by atoms with Crippen LogP contribution in [0.2, 0.25) is 0 Å². The van der Waals surface area contributed by atoms with Gasteiger partial charge >= 0.3 is 0 Å². The van der Waals surface area contributed by atoms with Crippen molar-refractivity contribution in [3.05, 3.63) is 53.5 Å². The molecule has 1 aromatic carbocycles. The Balaban J connectivity index is 1.78. The lowest BCUT2D eigenvalue weighted by Crippen LogP contribution is -2.29. The summed E-state index contributed by atoms with van der Waals surface area (Å²) in [5, 5.41) is 0. The fraction of sp³-hybridized carbons (Fsp3) is 0.375. The number of nitrogens with two attached hydrogens (primary N) is 1. The first-order valence-corrected chi connectivity index (χ1v) is 7.11. The summed E-state index contributed by atoms with van der Waals surface area (Å²) in [6.07, 6.45) is 5.60. The zero-order valence-corrected chi connectivity index (χ0v) is 11.5. The molecule has 1 aliphatic rings. The lowest BCUT2D eigenvalue weighted by Gasteiger charge is -2.24. The van der Waals surface area contributed by atoms with Gasteiger partial charge in [0.2, 0.25) is 0 Å². The summed E-state index contributed by atoms with van der Waals surface area (Å²) in [4.78, 5) is 0. The minimum Gasteiger partial charge on any atom is -0.493 e. The maximum absolute atomic E-state index is 5.86. The van der Waals surface area contributed by atoms with Crippen molar-refractivity contribution in [1.82, 2.24) is 5.43 Å². The molecule has 1 aromatic heterocycles. The van der Waals surface area contributed by atoms with Gasteiger partial charge in [0.25, 0.3) is 0 Å². The first-order valence-electron chi connectivity index (χ1n) is 7.11. The van der Waals surface area contributed by atoms with Crippen molar-refractivity contribution in [2.75, 3.05) is 6.61 Å². The van der Waals surface area contributed by atoms with Gasteiger partial charge in [-0.15, -0.1) is 0 Å². The van der Waals surface area contributed by atoms with Gasteiger partial charge in [-0.1, -0.05) is 18.2 Å². The van der Waals surface area contributed by atoms with Crippen molar-refractivity contribution >= 4 is 0 Å². The Hall–Kier alpha value is -1.78. The molecule has 0 bridgehead atoms. The third-order valence-corrected chi connectivity index (χ3v) is 3.80. The van der Waals surface area contributed by atoms with E-state index >= 15 is 0 Å². The molecule has 0 saturated heterocycles. The van der Waals surface area contributed by atoms with Gasteiger partial charge in [0.15, 0.2) is 0 Å². The van der Waals surface area contributed by atoms with Crippen molar-refractivity contribution in [2.45, 2.75) is 31.7 Å². The van der Waals surface area contributed by atoms with Crippen LogP contribution in [0.15, 0.2) is 41.0 Å². The highest BCUT2D eigenvalue weighted by molar-refractivity contribution is 5.44. The number of hydrogen-bond acceptors (Lipinski definition) is 4. The predicted octanol–water partition coefficient (Wildman–Crippen LogP) is 2.74. The molecule has 3 rings (SSSR count). The Morgan fingerprint density at radius 2 is 2.20 bits per heavy atom. The molecule has 4 heteroatoms. The molecule has 1 atom stereocenters. The molecule has 106 valence electrons. The first kappa shape index (κ1) is 13.2. The van der Waals surface area contributed by atoms with Gasteiger partial charge in [-0.25, -0.2) is 0 Å². The zero-order valence-electron chi connectivity index (χ0n) is 11.5. The van der Waals surface area contributed by atoms with Gasteiger partial charge in [-0.3, -0.25) is 11.3 Å². The number of hydrogen-bond donors (Lipinski definition) is 2. The van der Waals surface area contributed by atoms with E-state index in [9.17, 15) is 0 Å². The predicted molar refractivity (Wildman–Crippen MR) is 77.4 cm³/mol. The van der Waals surface area contributed by atoms with Crippen molar-refractivity contribution in [2.24, 2.45) is 5.84 Å². The van der Waals surface area contributed by atoms with E-state index in [0.717, 1.165) is 49.4 Å². The maximum atomic E-state index is 5.86. The summed E-state index contributed by atoms with van der Waals surface area (Å²) < 4.78 is 11.2. The van der Waals surface area contributed by atoms with E-state index in [1.165, 1.54) is 5.56 Å². The molecular weight excluding hydrogens is 252 g/mol. The van der Waals surface area contributed by atoms with E-state index in [0.29, 0.717) is 0 Å². The Kier molecular flexibility index (Phi) is 4.04. The van der Waals surface area contributed by atoms with Crippen LogP contribution in [0, 0.1) is 0 Å². The fourth-order valence-electron chi connectivity index (χ4n) is 2.76. The van der Waals surface area contributed by atoms with Crippen LogP contribution >= 0.6 is 0 Å². The Morgan fingerprint density at radius 3 is 3.00 bits per heavy atom. The molecule has 2 heterocycles. The SMILES string of the molecule is NNC(CCc1ccco1)c1cccc2c1OCCC2. The zero-order chi connectivity index (χ0) is 13.8. The number of rotatable bonds is 5. The van der Waals surface area contributed by atoms with Gasteiger partial charge in [-0.2, -0.15) is 0 Å². The van der Waals surface area contributed by atoms with Crippen LogP contribution in [0.25, 0.3) is 0 Å². The number of benzene rings is 1.